The quantitative estimate of drug-likeness (QED) is 0.212. The van der Waals surface area contributed by atoms with Crippen LogP contribution in [-0.2, 0) is 19.2 Å². The second-order valence-electron chi connectivity index (χ2n) is 6.05. The van der Waals surface area contributed by atoms with E-state index in [4.69, 9.17) is 10.8 Å². The number of nitrogens with one attached hydrogen (secondary N) is 3. The van der Waals surface area contributed by atoms with Crippen LogP contribution in [0.2, 0.25) is 0 Å². The average Bonchev–Trinajstić information content (AvgIpc) is 2.56. The maximum Gasteiger partial charge on any atom is 0.353 e. The third kappa shape index (κ3) is 9.59. The summed E-state index contributed by atoms with van der Waals surface area (Å²) in [6.07, 6.45) is 0.308. The molecule has 0 saturated heterocycles. The van der Waals surface area contributed by atoms with Crippen LogP contribution in [0.25, 0.3) is 0 Å². The van der Waals surface area contributed by atoms with Crippen LogP contribution in [-0.4, -0.2) is 70.8 Å². The van der Waals surface area contributed by atoms with Crippen LogP contribution < -0.4 is 21.7 Å². The molecule has 0 saturated carbocycles. The van der Waals surface area contributed by atoms with E-state index in [1.54, 1.807) is 0 Å². The number of carboxylic acid groups (broad SMARTS) is 1. The summed E-state index contributed by atoms with van der Waals surface area (Å²) in [4.78, 5) is 46.8. The fourth-order valence-corrected chi connectivity index (χ4v) is 2.50. The van der Waals surface area contributed by atoms with Gasteiger partial charge in [0.1, 0.15) is 12.1 Å². The molecule has 0 aliphatic heterocycles. The second kappa shape index (κ2) is 12.5. The minimum Gasteiger partial charge on any atom is -0.478 e. The fourth-order valence-electron chi connectivity index (χ4n) is 2.03. The zero-order valence-electron chi connectivity index (χ0n) is 15.2. The number of aliphatic carboxylic acids is 1. The second-order valence-corrected chi connectivity index (χ2v) is 7.03. The van der Waals surface area contributed by atoms with E-state index in [1.807, 2.05) is 25.4 Å². The normalized spacial score (nSPS) is 14.2. The number of hydrogen-bond acceptors (Lipinski definition) is 7. The Balaban J connectivity index is 5.11. The van der Waals surface area contributed by atoms with Gasteiger partial charge < -0.3 is 31.9 Å². The van der Waals surface area contributed by atoms with Crippen molar-refractivity contribution in [3.63, 3.8) is 0 Å². The number of aliphatic hydroxyl groups is 1. The van der Waals surface area contributed by atoms with Crippen molar-refractivity contribution in [2.75, 3.05) is 18.6 Å². The molecule has 0 spiro atoms. The summed E-state index contributed by atoms with van der Waals surface area (Å²) < 4.78 is 0. The van der Waals surface area contributed by atoms with Gasteiger partial charge in [0.05, 0.1) is 6.54 Å². The highest BCUT2D eigenvalue weighted by Crippen LogP contribution is 2.07. The molecule has 0 fully saturated rings. The van der Waals surface area contributed by atoms with Crippen molar-refractivity contribution in [2.45, 2.75) is 45.0 Å². The number of amides is 3. The average molecular weight is 392 g/mol. The lowest BCUT2D eigenvalue weighted by molar-refractivity contribution is -0.151. The van der Waals surface area contributed by atoms with Crippen LogP contribution in [0.15, 0.2) is 0 Å². The molecule has 3 amide bonds. The summed E-state index contributed by atoms with van der Waals surface area (Å²) in [5, 5.41) is 24.9. The molecule has 0 aliphatic carbocycles. The van der Waals surface area contributed by atoms with Crippen LogP contribution in [0.3, 0.4) is 0 Å². The van der Waals surface area contributed by atoms with Crippen LogP contribution >= 0.6 is 11.8 Å². The summed E-state index contributed by atoms with van der Waals surface area (Å²) in [6, 6.07) is -1.92. The number of thioether (sulfide) groups is 1. The number of aliphatic hydroxyl groups excluding tert-OH is 1. The summed E-state index contributed by atoms with van der Waals surface area (Å²) in [7, 11) is 0. The Hall–Kier alpha value is -1.85. The SMILES string of the molecule is CSCC[C@H](NC(=O)[C@H](CC(C)C)NC(=O)CN)C(=O)NC(O)C(=O)O. The van der Waals surface area contributed by atoms with Crippen molar-refractivity contribution in [1.82, 2.24) is 16.0 Å². The van der Waals surface area contributed by atoms with Gasteiger partial charge in [-0.1, -0.05) is 13.8 Å². The lowest BCUT2D eigenvalue weighted by Crippen LogP contribution is -2.56. The third-order valence-electron chi connectivity index (χ3n) is 3.30. The summed E-state index contributed by atoms with van der Waals surface area (Å²) in [6.45, 7) is 3.47. The van der Waals surface area contributed by atoms with E-state index in [2.05, 4.69) is 10.6 Å². The van der Waals surface area contributed by atoms with Gasteiger partial charge in [0, 0.05) is 0 Å². The van der Waals surface area contributed by atoms with Crippen molar-refractivity contribution in [3.8, 4) is 0 Å². The molecule has 0 aromatic carbocycles. The van der Waals surface area contributed by atoms with Gasteiger partial charge in [-0.3, -0.25) is 14.4 Å². The van der Waals surface area contributed by atoms with Crippen LogP contribution in [0.5, 0.6) is 0 Å². The van der Waals surface area contributed by atoms with E-state index >= 15 is 0 Å². The zero-order valence-corrected chi connectivity index (χ0v) is 16.0. The Bertz CT molecular complexity index is 503. The van der Waals surface area contributed by atoms with E-state index in [9.17, 15) is 24.3 Å². The molecule has 10 nitrogen and oxygen atoms in total. The first kappa shape index (κ1) is 24.1. The van der Waals surface area contributed by atoms with Gasteiger partial charge in [-0.25, -0.2) is 4.79 Å². The Labute approximate surface area is 156 Å². The molecule has 0 rings (SSSR count). The summed E-state index contributed by atoms with van der Waals surface area (Å²) in [5.74, 6) is -2.90. The largest absolute Gasteiger partial charge is 0.478 e. The molecule has 1 unspecified atom stereocenters. The lowest BCUT2D eigenvalue weighted by atomic mass is 10.0. The first-order chi connectivity index (χ1) is 12.1. The first-order valence-electron chi connectivity index (χ1n) is 8.12. The molecule has 3 atom stereocenters. The lowest BCUT2D eigenvalue weighted by Gasteiger charge is -2.24. The van der Waals surface area contributed by atoms with Crippen LogP contribution in [0.4, 0.5) is 0 Å². The molecule has 0 aromatic heterocycles. The molecule has 150 valence electrons. The molecular formula is C15H28N4O6S. The van der Waals surface area contributed by atoms with E-state index in [0.717, 1.165) is 0 Å². The molecule has 0 radical (unpaired) electrons. The first-order valence-corrected chi connectivity index (χ1v) is 9.51. The van der Waals surface area contributed by atoms with Gasteiger partial charge in [0.15, 0.2) is 0 Å². The minimum absolute atomic E-state index is 0.0936. The van der Waals surface area contributed by atoms with E-state index in [0.29, 0.717) is 12.2 Å². The Morgan fingerprint density at radius 1 is 1.04 bits per heavy atom. The molecule has 0 bridgehead atoms. The van der Waals surface area contributed by atoms with Crippen molar-refractivity contribution < 1.29 is 29.4 Å². The van der Waals surface area contributed by atoms with E-state index in [1.165, 1.54) is 11.8 Å². The van der Waals surface area contributed by atoms with Gasteiger partial charge in [0.25, 0.3) is 0 Å². The van der Waals surface area contributed by atoms with Crippen molar-refractivity contribution in [1.29, 1.82) is 0 Å². The number of hydrogen-bond donors (Lipinski definition) is 6. The molecule has 0 aliphatic rings. The third-order valence-corrected chi connectivity index (χ3v) is 3.94. The Morgan fingerprint density at radius 3 is 2.08 bits per heavy atom. The van der Waals surface area contributed by atoms with Crippen LogP contribution in [0, 0.1) is 5.92 Å². The van der Waals surface area contributed by atoms with E-state index in [-0.39, 0.29) is 18.9 Å². The highest BCUT2D eigenvalue weighted by molar-refractivity contribution is 7.98. The molecule has 11 heteroatoms. The predicted octanol–water partition coefficient (Wildman–Crippen LogP) is -1.77. The van der Waals surface area contributed by atoms with Gasteiger partial charge >= 0.3 is 5.97 Å². The monoisotopic (exact) mass is 392 g/mol. The smallest absolute Gasteiger partial charge is 0.353 e. The van der Waals surface area contributed by atoms with Gasteiger partial charge in [-0.2, -0.15) is 11.8 Å². The predicted molar refractivity (Wildman–Crippen MR) is 97.2 cm³/mol. The molecule has 0 aromatic rings. The number of rotatable bonds is 12. The highest BCUT2D eigenvalue weighted by Gasteiger charge is 2.28. The van der Waals surface area contributed by atoms with E-state index < -0.39 is 42.0 Å². The molecule has 26 heavy (non-hydrogen) atoms. The topological polar surface area (TPSA) is 171 Å². The number of nitrogens with two attached hydrogens (primary N) is 1. The number of carboxylic acids is 1. The number of carbonyl (C=O) groups excluding carboxylic acids is 3. The zero-order chi connectivity index (χ0) is 20.3. The summed E-state index contributed by atoms with van der Waals surface area (Å²) >= 11 is 1.44. The number of carbonyl (C=O) groups is 4. The standard InChI is InChI=1S/C15H28N4O6S/c1-8(2)6-10(17-11(20)7-16)13(22)18-9(4-5-26-3)12(21)19-14(23)15(24)25/h8-10,14,23H,4-7,16H2,1-3H3,(H,17,20)(H,18,22)(H,19,21)(H,24,25)/t9-,10-,14?/m0/s1. The maximum atomic E-state index is 12.5. The Kier molecular flexibility index (Phi) is 11.6. The molecule has 0 heterocycles. The Morgan fingerprint density at radius 2 is 1.62 bits per heavy atom. The molecular weight excluding hydrogens is 364 g/mol. The minimum atomic E-state index is -2.07. The highest BCUT2D eigenvalue weighted by atomic mass is 32.2. The summed E-state index contributed by atoms with van der Waals surface area (Å²) in [5.41, 5.74) is 5.26. The van der Waals surface area contributed by atoms with Crippen molar-refractivity contribution >= 4 is 35.5 Å². The van der Waals surface area contributed by atoms with Gasteiger partial charge in [-0.15, -0.1) is 0 Å². The fraction of sp³-hybridized carbons (Fsp3) is 0.733. The van der Waals surface area contributed by atoms with Crippen molar-refractivity contribution in [3.05, 3.63) is 0 Å². The van der Waals surface area contributed by atoms with Crippen molar-refractivity contribution in [2.24, 2.45) is 11.7 Å². The molecule has 7 N–H and O–H groups in total. The van der Waals surface area contributed by atoms with Gasteiger partial charge in [0.2, 0.25) is 23.9 Å². The maximum absolute atomic E-state index is 12.5. The van der Waals surface area contributed by atoms with Gasteiger partial charge in [-0.05, 0) is 30.8 Å². The van der Waals surface area contributed by atoms with Crippen LogP contribution in [0.1, 0.15) is 26.7 Å².